The molecule has 1 rings (SSSR count). The molecule has 2 nitrogen and oxygen atoms in total. The minimum atomic E-state index is 0.249. The van der Waals surface area contributed by atoms with Crippen LogP contribution in [0.15, 0.2) is 21.5 Å². The van der Waals surface area contributed by atoms with E-state index in [4.69, 9.17) is 5.90 Å². The Morgan fingerprint density at radius 3 is 2.73 bits per heavy atom. The van der Waals surface area contributed by atoms with Crippen molar-refractivity contribution < 1.29 is 4.84 Å². The highest BCUT2D eigenvalue weighted by Gasteiger charge is 2.21. The lowest BCUT2D eigenvalue weighted by Crippen LogP contribution is -2.13. The van der Waals surface area contributed by atoms with E-state index in [1.807, 2.05) is 6.08 Å². The van der Waals surface area contributed by atoms with Crippen molar-refractivity contribution in [2.45, 2.75) is 20.3 Å². The van der Waals surface area contributed by atoms with Crippen molar-refractivity contribution in [3.05, 3.63) is 21.5 Å². The molecule has 0 bridgehead atoms. The Kier molecular flexibility index (Phi) is 2.59. The van der Waals surface area contributed by atoms with E-state index in [0.717, 1.165) is 12.2 Å². The number of allylic oxidation sites excluding steroid dienone is 3. The zero-order valence-electron chi connectivity index (χ0n) is 6.73. The summed E-state index contributed by atoms with van der Waals surface area (Å²) >= 11 is 2.27. The molecule has 0 atom stereocenters. The first-order valence-electron chi connectivity index (χ1n) is 3.50. The van der Waals surface area contributed by atoms with Crippen LogP contribution in [0.1, 0.15) is 20.3 Å². The molecule has 0 saturated heterocycles. The van der Waals surface area contributed by atoms with E-state index < -0.39 is 0 Å². The van der Waals surface area contributed by atoms with Gasteiger partial charge in [-0.3, -0.25) is 0 Å². The maximum Gasteiger partial charge on any atom is 0.155 e. The summed E-state index contributed by atoms with van der Waals surface area (Å²) in [4.78, 5) is 4.68. The Balaban J connectivity index is 2.82. The van der Waals surface area contributed by atoms with Crippen LogP contribution in [0.5, 0.6) is 0 Å². The summed E-state index contributed by atoms with van der Waals surface area (Å²) in [5, 5.41) is 0. The Morgan fingerprint density at radius 2 is 2.27 bits per heavy atom. The van der Waals surface area contributed by atoms with Crippen LogP contribution in [0, 0.1) is 5.41 Å². The van der Waals surface area contributed by atoms with E-state index >= 15 is 0 Å². The van der Waals surface area contributed by atoms with Crippen LogP contribution >= 0.6 is 22.6 Å². The van der Waals surface area contributed by atoms with Gasteiger partial charge in [-0.1, -0.05) is 19.9 Å². The monoisotopic (exact) mass is 265 g/mol. The van der Waals surface area contributed by atoms with Gasteiger partial charge in [-0.15, -0.1) is 0 Å². The normalized spacial score (nSPS) is 22.2. The van der Waals surface area contributed by atoms with Crippen molar-refractivity contribution in [1.29, 1.82) is 0 Å². The summed E-state index contributed by atoms with van der Waals surface area (Å²) in [6.45, 7) is 4.38. The fourth-order valence-corrected chi connectivity index (χ4v) is 2.33. The van der Waals surface area contributed by atoms with Crippen LogP contribution < -0.4 is 5.90 Å². The average molecular weight is 265 g/mol. The molecule has 0 aromatic rings. The fourth-order valence-electron chi connectivity index (χ4n) is 1.04. The van der Waals surface area contributed by atoms with Gasteiger partial charge in [0.2, 0.25) is 0 Å². The van der Waals surface area contributed by atoms with E-state index in [2.05, 4.69) is 47.4 Å². The molecule has 0 aromatic heterocycles. The van der Waals surface area contributed by atoms with E-state index in [1.165, 1.54) is 3.58 Å². The number of hydrogen-bond donors (Lipinski definition) is 1. The lowest BCUT2D eigenvalue weighted by Gasteiger charge is -2.24. The largest absolute Gasteiger partial charge is 0.411 e. The van der Waals surface area contributed by atoms with E-state index in [1.54, 1.807) is 0 Å². The second kappa shape index (κ2) is 3.15. The third-order valence-corrected chi connectivity index (χ3v) is 2.60. The van der Waals surface area contributed by atoms with Crippen molar-refractivity contribution in [2.24, 2.45) is 11.3 Å². The van der Waals surface area contributed by atoms with Gasteiger partial charge >= 0.3 is 0 Å². The van der Waals surface area contributed by atoms with Crippen LogP contribution in [0.3, 0.4) is 0 Å². The van der Waals surface area contributed by atoms with Crippen molar-refractivity contribution in [1.82, 2.24) is 0 Å². The molecule has 0 unspecified atom stereocenters. The molecular formula is C8H12INO. The highest BCUT2D eigenvalue weighted by Crippen LogP contribution is 2.36. The molecule has 62 valence electrons. The van der Waals surface area contributed by atoms with Crippen molar-refractivity contribution in [2.75, 3.05) is 0 Å². The predicted octanol–water partition coefficient (Wildman–Crippen LogP) is 2.51. The molecule has 0 fully saturated rings. The first kappa shape index (κ1) is 9.06. The third kappa shape index (κ3) is 2.20. The standard InChI is InChI=1S/C8H12INO/c1-8(2)4-3-7(11-10)6(9)5-8/h3-4H,5,10H2,1-2H3. The molecule has 0 amide bonds. The summed E-state index contributed by atoms with van der Waals surface area (Å²) < 4.78 is 1.19. The zero-order valence-corrected chi connectivity index (χ0v) is 8.88. The molecule has 11 heavy (non-hydrogen) atoms. The van der Waals surface area contributed by atoms with Gasteiger partial charge in [-0.05, 0) is 40.5 Å². The molecular weight excluding hydrogens is 253 g/mol. The highest BCUT2D eigenvalue weighted by atomic mass is 127. The Morgan fingerprint density at radius 1 is 1.64 bits per heavy atom. The van der Waals surface area contributed by atoms with Gasteiger partial charge in [0, 0.05) is 3.58 Å². The summed E-state index contributed by atoms with van der Waals surface area (Å²) in [5.41, 5.74) is 0.249. The molecule has 0 aromatic carbocycles. The molecule has 1 aliphatic carbocycles. The minimum Gasteiger partial charge on any atom is -0.411 e. The van der Waals surface area contributed by atoms with Crippen molar-refractivity contribution in [3.63, 3.8) is 0 Å². The third-order valence-electron chi connectivity index (χ3n) is 1.69. The molecule has 0 spiro atoms. The highest BCUT2D eigenvalue weighted by molar-refractivity contribution is 14.1. The maximum absolute atomic E-state index is 5.07. The van der Waals surface area contributed by atoms with Gasteiger partial charge in [0.05, 0.1) is 0 Å². The lowest BCUT2D eigenvalue weighted by atomic mass is 9.86. The quantitative estimate of drug-likeness (QED) is 0.584. The van der Waals surface area contributed by atoms with Crippen molar-refractivity contribution >= 4 is 22.6 Å². The summed E-state index contributed by atoms with van der Waals surface area (Å²) in [5.74, 6) is 5.86. The molecule has 0 radical (unpaired) electrons. The van der Waals surface area contributed by atoms with Gasteiger partial charge in [0.1, 0.15) is 0 Å². The van der Waals surface area contributed by atoms with Gasteiger partial charge < -0.3 is 4.84 Å². The Bertz CT molecular complexity index is 218. The molecule has 2 N–H and O–H groups in total. The first-order valence-corrected chi connectivity index (χ1v) is 4.58. The van der Waals surface area contributed by atoms with Crippen LogP contribution in [0.25, 0.3) is 0 Å². The van der Waals surface area contributed by atoms with E-state index in [0.29, 0.717) is 0 Å². The number of rotatable bonds is 1. The van der Waals surface area contributed by atoms with E-state index in [-0.39, 0.29) is 5.41 Å². The molecule has 3 heteroatoms. The van der Waals surface area contributed by atoms with Crippen LogP contribution in [0.4, 0.5) is 0 Å². The lowest BCUT2D eigenvalue weighted by molar-refractivity contribution is 0.227. The average Bonchev–Trinajstić information content (AvgIpc) is 1.86. The molecule has 0 aliphatic heterocycles. The maximum atomic E-state index is 5.07. The summed E-state index contributed by atoms with van der Waals surface area (Å²) in [7, 11) is 0. The van der Waals surface area contributed by atoms with Crippen LogP contribution in [-0.2, 0) is 4.84 Å². The Labute approximate surface area is 80.6 Å². The number of hydrogen-bond acceptors (Lipinski definition) is 2. The Hall–Kier alpha value is -0.0300. The second-order valence-electron chi connectivity index (χ2n) is 3.39. The zero-order chi connectivity index (χ0) is 8.48. The van der Waals surface area contributed by atoms with Crippen LogP contribution in [-0.4, -0.2) is 0 Å². The summed E-state index contributed by atoms with van der Waals surface area (Å²) in [6.07, 6.45) is 5.07. The molecule has 0 saturated carbocycles. The van der Waals surface area contributed by atoms with E-state index in [9.17, 15) is 0 Å². The molecule has 0 heterocycles. The topological polar surface area (TPSA) is 35.2 Å². The van der Waals surface area contributed by atoms with Gasteiger partial charge in [-0.2, -0.15) is 5.90 Å². The molecule has 1 aliphatic rings. The number of nitrogens with two attached hydrogens (primary N) is 1. The van der Waals surface area contributed by atoms with Gasteiger partial charge in [0.15, 0.2) is 5.76 Å². The first-order chi connectivity index (χ1) is 5.05. The fraction of sp³-hybridized carbons (Fsp3) is 0.500. The smallest absolute Gasteiger partial charge is 0.155 e. The number of halogens is 1. The van der Waals surface area contributed by atoms with Gasteiger partial charge in [0.25, 0.3) is 0 Å². The van der Waals surface area contributed by atoms with Crippen molar-refractivity contribution in [3.8, 4) is 0 Å². The second-order valence-corrected chi connectivity index (χ2v) is 4.69. The predicted molar refractivity (Wildman–Crippen MR) is 53.9 cm³/mol. The van der Waals surface area contributed by atoms with Crippen LogP contribution in [0.2, 0.25) is 0 Å². The SMILES string of the molecule is CC1(C)C=CC(ON)=C(I)C1. The minimum absolute atomic E-state index is 0.249. The summed E-state index contributed by atoms with van der Waals surface area (Å²) in [6, 6.07) is 0. The van der Waals surface area contributed by atoms with Gasteiger partial charge in [-0.25, -0.2) is 0 Å².